The molecule has 2 atom stereocenters. The average Bonchev–Trinajstić information content (AvgIpc) is 2.23. The Balaban J connectivity index is 3.86. The van der Waals surface area contributed by atoms with E-state index in [1.54, 1.807) is 0 Å². The Kier molecular flexibility index (Phi) is 8.01. The fourth-order valence-corrected chi connectivity index (χ4v) is 1.85. The number of rotatable bonds is 8. The highest BCUT2D eigenvalue weighted by molar-refractivity contribution is 7.89. The number of nitrogens with two attached hydrogens (primary N) is 1. The van der Waals surface area contributed by atoms with Gasteiger partial charge in [-0.25, -0.2) is 18.4 Å². The van der Waals surface area contributed by atoms with Crippen LogP contribution in [-0.2, 0) is 10.0 Å². The van der Waals surface area contributed by atoms with Crippen LogP contribution in [0.2, 0.25) is 0 Å². The Bertz CT molecular complexity index is 368. The normalized spacial score (nSPS) is 15.1. The molecule has 0 heterocycles. The SMILES string of the molecule is CC(C)CCC[C@H](C)NC(=O)NC[C@@H](C)S(N)(=O)=O. The third-order valence-corrected chi connectivity index (χ3v) is 4.20. The van der Waals surface area contributed by atoms with Crippen LogP contribution >= 0.6 is 0 Å². The predicted octanol–water partition coefficient (Wildman–Crippen LogP) is 1.18. The van der Waals surface area contributed by atoms with Gasteiger partial charge in [-0.15, -0.1) is 0 Å². The van der Waals surface area contributed by atoms with Gasteiger partial charge in [-0.3, -0.25) is 0 Å². The summed E-state index contributed by atoms with van der Waals surface area (Å²) in [5, 5.41) is 9.46. The minimum absolute atomic E-state index is 0.0172. The first-order valence-electron chi connectivity index (χ1n) is 6.69. The van der Waals surface area contributed by atoms with Gasteiger partial charge in [0.1, 0.15) is 0 Å². The summed E-state index contributed by atoms with van der Waals surface area (Å²) < 4.78 is 22.0. The molecule has 0 aromatic rings. The molecule has 0 rings (SSSR count). The summed E-state index contributed by atoms with van der Waals surface area (Å²) in [7, 11) is -3.59. The number of hydrogen-bond donors (Lipinski definition) is 3. The number of carbonyl (C=O) groups excluding carboxylic acids is 1. The van der Waals surface area contributed by atoms with Crippen LogP contribution in [0.3, 0.4) is 0 Å². The van der Waals surface area contributed by atoms with Gasteiger partial charge in [0.05, 0.1) is 5.25 Å². The van der Waals surface area contributed by atoms with Crippen LogP contribution in [0.1, 0.15) is 47.0 Å². The average molecular weight is 293 g/mol. The Hall–Kier alpha value is -0.820. The van der Waals surface area contributed by atoms with Crippen molar-refractivity contribution in [2.75, 3.05) is 6.54 Å². The summed E-state index contributed by atoms with van der Waals surface area (Å²) in [5.41, 5.74) is 0. The van der Waals surface area contributed by atoms with Crippen molar-refractivity contribution >= 4 is 16.1 Å². The van der Waals surface area contributed by atoms with E-state index in [0.29, 0.717) is 5.92 Å². The minimum Gasteiger partial charge on any atom is -0.337 e. The largest absolute Gasteiger partial charge is 0.337 e. The van der Waals surface area contributed by atoms with E-state index >= 15 is 0 Å². The summed E-state index contributed by atoms with van der Waals surface area (Å²) in [4.78, 5) is 11.5. The molecule has 0 radical (unpaired) electrons. The summed E-state index contributed by atoms with van der Waals surface area (Å²) in [5.74, 6) is 0.664. The van der Waals surface area contributed by atoms with Crippen LogP contribution in [0.15, 0.2) is 0 Å². The molecule has 0 saturated carbocycles. The molecule has 0 bridgehead atoms. The number of nitrogens with one attached hydrogen (secondary N) is 2. The second kappa shape index (κ2) is 8.37. The maximum absolute atomic E-state index is 11.5. The monoisotopic (exact) mass is 293 g/mol. The first-order chi connectivity index (χ1) is 8.62. The molecule has 0 unspecified atom stereocenters. The Morgan fingerprint density at radius 2 is 1.74 bits per heavy atom. The van der Waals surface area contributed by atoms with E-state index in [1.165, 1.54) is 6.92 Å². The minimum atomic E-state index is -3.59. The zero-order chi connectivity index (χ0) is 15.1. The first kappa shape index (κ1) is 18.2. The summed E-state index contributed by atoms with van der Waals surface area (Å²) in [6.45, 7) is 7.74. The van der Waals surface area contributed by atoms with E-state index in [-0.39, 0.29) is 18.6 Å². The summed E-state index contributed by atoms with van der Waals surface area (Å²) in [6, 6.07) is -0.281. The van der Waals surface area contributed by atoms with Crippen molar-refractivity contribution < 1.29 is 13.2 Å². The molecule has 4 N–H and O–H groups in total. The van der Waals surface area contributed by atoms with Crippen molar-refractivity contribution in [3.8, 4) is 0 Å². The van der Waals surface area contributed by atoms with E-state index in [9.17, 15) is 13.2 Å². The molecule has 19 heavy (non-hydrogen) atoms. The zero-order valence-electron chi connectivity index (χ0n) is 12.3. The molecule has 6 nitrogen and oxygen atoms in total. The molecule has 0 aliphatic rings. The molecule has 0 spiro atoms. The highest BCUT2D eigenvalue weighted by Gasteiger charge is 2.16. The Morgan fingerprint density at radius 1 is 1.16 bits per heavy atom. The molecule has 0 aromatic carbocycles. The molecule has 0 aromatic heterocycles. The smallest absolute Gasteiger partial charge is 0.315 e. The van der Waals surface area contributed by atoms with E-state index in [1.807, 2.05) is 6.92 Å². The molecule has 0 fully saturated rings. The van der Waals surface area contributed by atoms with Gasteiger partial charge in [0.15, 0.2) is 0 Å². The molecule has 2 amide bonds. The lowest BCUT2D eigenvalue weighted by atomic mass is 10.0. The molecular formula is C12H27N3O3S. The second-order valence-electron chi connectivity index (χ2n) is 5.48. The number of urea groups is 1. The summed E-state index contributed by atoms with van der Waals surface area (Å²) >= 11 is 0. The highest BCUT2D eigenvalue weighted by atomic mass is 32.2. The van der Waals surface area contributed by atoms with Gasteiger partial charge in [-0.1, -0.05) is 26.7 Å². The third-order valence-electron chi connectivity index (χ3n) is 2.91. The van der Waals surface area contributed by atoms with E-state index in [4.69, 9.17) is 5.14 Å². The quantitative estimate of drug-likeness (QED) is 0.626. The zero-order valence-corrected chi connectivity index (χ0v) is 13.1. The van der Waals surface area contributed by atoms with Crippen molar-refractivity contribution in [3.63, 3.8) is 0 Å². The Labute approximate surface area is 116 Å². The molecular weight excluding hydrogens is 266 g/mol. The van der Waals surface area contributed by atoms with Crippen LogP contribution in [0.5, 0.6) is 0 Å². The van der Waals surface area contributed by atoms with Crippen molar-refractivity contribution in [3.05, 3.63) is 0 Å². The maximum Gasteiger partial charge on any atom is 0.315 e. The van der Waals surface area contributed by atoms with Gasteiger partial charge < -0.3 is 10.6 Å². The lowest BCUT2D eigenvalue weighted by molar-refractivity contribution is 0.237. The van der Waals surface area contributed by atoms with Gasteiger partial charge in [-0.2, -0.15) is 0 Å². The third kappa shape index (κ3) is 9.72. The van der Waals surface area contributed by atoms with Gasteiger partial charge >= 0.3 is 6.03 Å². The fraction of sp³-hybridized carbons (Fsp3) is 0.917. The van der Waals surface area contributed by atoms with Crippen molar-refractivity contribution in [2.45, 2.75) is 58.2 Å². The Morgan fingerprint density at radius 3 is 2.21 bits per heavy atom. The van der Waals surface area contributed by atoms with Crippen molar-refractivity contribution in [2.24, 2.45) is 11.1 Å². The standard InChI is InChI=1S/C12H27N3O3S/c1-9(2)6-5-7-10(3)15-12(16)14-8-11(4)19(13,17)18/h9-11H,5-8H2,1-4H3,(H2,13,17,18)(H2,14,15,16)/t10-,11+/m0/s1. The second-order valence-corrected chi connectivity index (χ2v) is 7.46. The van der Waals surface area contributed by atoms with Gasteiger partial charge in [0.2, 0.25) is 10.0 Å². The first-order valence-corrected chi connectivity index (χ1v) is 8.29. The van der Waals surface area contributed by atoms with Crippen molar-refractivity contribution in [1.82, 2.24) is 10.6 Å². The molecule has 114 valence electrons. The molecule has 0 aliphatic carbocycles. The number of sulfonamides is 1. The predicted molar refractivity (Wildman–Crippen MR) is 77.3 cm³/mol. The topological polar surface area (TPSA) is 101 Å². The number of carbonyl (C=O) groups is 1. The van der Waals surface area contributed by atoms with Crippen LogP contribution in [0.4, 0.5) is 4.79 Å². The molecule has 0 aliphatic heterocycles. The van der Waals surface area contributed by atoms with Crippen LogP contribution in [-0.4, -0.2) is 32.3 Å². The van der Waals surface area contributed by atoms with Gasteiger partial charge in [0.25, 0.3) is 0 Å². The lowest BCUT2D eigenvalue weighted by Gasteiger charge is -2.16. The van der Waals surface area contributed by atoms with E-state index in [0.717, 1.165) is 19.3 Å². The number of hydrogen-bond acceptors (Lipinski definition) is 3. The fourth-order valence-electron chi connectivity index (χ4n) is 1.53. The number of primary sulfonamides is 1. The molecule has 0 saturated heterocycles. The van der Waals surface area contributed by atoms with E-state index < -0.39 is 15.3 Å². The number of amides is 2. The van der Waals surface area contributed by atoms with Gasteiger partial charge in [0, 0.05) is 12.6 Å². The van der Waals surface area contributed by atoms with Crippen LogP contribution in [0.25, 0.3) is 0 Å². The summed E-state index contributed by atoms with van der Waals surface area (Å²) in [6.07, 6.45) is 3.11. The molecule has 7 heteroatoms. The lowest BCUT2D eigenvalue weighted by Crippen LogP contribution is -2.45. The highest BCUT2D eigenvalue weighted by Crippen LogP contribution is 2.08. The van der Waals surface area contributed by atoms with Crippen LogP contribution in [0, 0.1) is 5.92 Å². The van der Waals surface area contributed by atoms with Crippen molar-refractivity contribution in [1.29, 1.82) is 0 Å². The van der Waals surface area contributed by atoms with Crippen LogP contribution < -0.4 is 15.8 Å². The van der Waals surface area contributed by atoms with E-state index in [2.05, 4.69) is 24.5 Å². The van der Waals surface area contributed by atoms with Gasteiger partial charge in [-0.05, 0) is 26.2 Å². The maximum atomic E-state index is 11.5.